The number of carboxylic acids is 1. The molecule has 128 valence electrons. The van der Waals surface area contributed by atoms with Crippen molar-refractivity contribution in [2.75, 3.05) is 0 Å². The molecule has 3 N–H and O–H groups in total. The molecule has 0 radical (unpaired) electrons. The van der Waals surface area contributed by atoms with Gasteiger partial charge in [-0.1, -0.05) is 19.1 Å². The molecule has 0 bridgehead atoms. The molecule has 0 saturated heterocycles. The van der Waals surface area contributed by atoms with Crippen LogP contribution in [0.3, 0.4) is 0 Å². The molecule has 0 aliphatic heterocycles. The minimum Gasteiger partial charge on any atom is -0.480 e. The zero-order chi connectivity index (χ0) is 17.7. The number of hydrogen-bond acceptors (Lipinski definition) is 4. The first-order valence-corrected chi connectivity index (χ1v) is 7.44. The summed E-state index contributed by atoms with van der Waals surface area (Å²) in [5.74, 6) is -1.51. The van der Waals surface area contributed by atoms with Crippen LogP contribution in [0.25, 0.3) is 0 Å². The Morgan fingerprint density at radius 2 is 2.00 bits per heavy atom. The van der Waals surface area contributed by atoms with Gasteiger partial charge in [0, 0.05) is 18.3 Å². The van der Waals surface area contributed by atoms with E-state index in [4.69, 9.17) is 0 Å². The van der Waals surface area contributed by atoms with Crippen LogP contribution >= 0.6 is 0 Å². The lowest BCUT2D eigenvalue weighted by molar-refractivity contribution is -0.139. The van der Waals surface area contributed by atoms with Crippen molar-refractivity contribution in [1.29, 1.82) is 0 Å². The van der Waals surface area contributed by atoms with Gasteiger partial charge >= 0.3 is 11.7 Å². The Balaban J connectivity index is 2.14. The maximum absolute atomic E-state index is 12.9. The van der Waals surface area contributed by atoms with Crippen molar-refractivity contribution in [3.63, 3.8) is 0 Å². The van der Waals surface area contributed by atoms with Gasteiger partial charge in [-0.3, -0.25) is 24.5 Å². The zero-order valence-electron chi connectivity index (χ0n) is 13.1. The normalized spacial score (nSPS) is 12.1. The number of aromatic amines is 1. The average Bonchev–Trinajstić information content (AvgIpc) is 2.54. The van der Waals surface area contributed by atoms with E-state index in [2.05, 4.69) is 10.3 Å². The summed E-state index contributed by atoms with van der Waals surface area (Å²) in [6.07, 6.45) is 1.80. The van der Waals surface area contributed by atoms with E-state index in [1.165, 1.54) is 18.3 Å². The molecule has 1 aromatic heterocycles. The molecule has 0 fully saturated rings. The fraction of sp³-hybridized carbons (Fsp3) is 0.312. The lowest BCUT2D eigenvalue weighted by Crippen LogP contribution is -2.43. The number of carboxylic acid groups (broad SMARTS) is 1. The van der Waals surface area contributed by atoms with Crippen LogP contribution in [0.1, 0.15) is 18.1 Å². The SMILES string of the molecule is CCc1cn(C[C@H](NCc2ccc(F)cc2)C(=O)O)c(=O)[nH]c1=O. The van der Waals surface area contributed by atoms with E-state index in [0.717, 1.165) is 4.57 Å². The largest absolute Gasteiger partial charge is 0.480 e. The fourth-order valence-corrected chi connectivity index (χ4v) is 2.21. The lowest BCUT2D eigenvalue weighted by Gasteiger charge is -2.16. The maximum Gasteiger partial charge on any atom is 0.328 e. The Kier molecular flexibility index (Phi) is 5.64. The summed E-state index contributed by atoms with van der Waals surface area (Å²) in [7, 11) is 0. The van der Waals surface area contributed by atoms with Gasteiger partial charge in [-0.15, -0.1) is 0 Å². The van der Waals surface area contributed by atoms with Crippen LogP contribution in [-0.4, -0.2) is 26.7 Å². The van der Waals surface area contributed by atoms with Crippen LogP contribution in [0.15, 0.2) is 40.1 Å². The van der Waals surface area contributed by atoms with E-state index in [0.29, 0.717) is 17.5 Å². The lowest BCUT2D eigenvalue weighted by atomic mass is 10.2. The Morgan fingerprint density at radius 3 is 2.58 bits per heavy atom. The quantitative estimate of drug-likeness (QED) is 0.683. The average molecular weight is 335 g/mol. The van der Waals surface area contributed by atoms with E-state index >= 15 is 0 Å². The highest BCUT2D eigenvalue weighted by molar-refractivity contribution is 5.73. The molecular formula is C16H18FN3O4. The second kappa shape index (κ2) is 7.69. The van der Waals surface area contributed by atoms with Crippen LogP contribution in [-0.2, 0) is 24.3 Å². The maximum atomic E-state index is 12.9. The molecule has 1 heterocycles. The predicted octanol–water partition coefficient (Wildman–Crippen LogP) is 0.481. The van der Waals surface area contributed by atoms with Crippen molar-refractivity contribution in [3.8, 4) is 0 Å². The van der Waals surface area contributed by atoms with Gasteiger partial charge in [0.05, 0.1) is 6.54 Å². The third-order valence-electron chi connectivity index (χ3n) is 3.61. The van der Waals surface area contributed by atoms with Crippen LogP contribution in [0.4, 0.5) is 4.39 Å². The summed E-state index contributed by atoms with van der Waals surface area (Å²) in [6.45, 7) is 1.83. The third kappa shape index (κ3) is 4.39. The van der Waals surface area contributed by atoms with Gasteiger partial charge in [0.1, 0.15) is 11.9 Å². The van der Waals surface area contributed by atoms with Gasteiger partial charge in [0.15, 0.2) is 0 Å². The molecule has 0 spiro atoms. The molecule has 1 atom stereocenters. The third-order valence-corrected chi connectivity index (χ3v) is 3.61. The fourth-order valence-electron chi connectivity index (χ4n) is 2.21. The van der Waals surface area contributed by atoms with Crippen LogP contribution in [0.2, 0.25) is 0 Å². The number of carbonyl (C=O) groups is 1. The monoisotopic (exact) mass is 335 g/mol. The number of halogens is 1. The molecule has 2 aromatic rings. The smallest absolute Gasteiger partial charge is 0.328 e. The Hall–Kier alpha value is -2.74. The Morgan fingerprint density at radius 1 is 1.33 bits per heavy atom. The molecule has 2 rings (SSSR count). The molecule has 1 aromatic carbocycles. The van der Waals surface area contributed by atoms with Crippen molar-refractivity contribution in [2.45, 2.75) is 32.5 Å². The summed E-state index contributed by atoms with van der Waals surface area (Å²) < 4.78 is 14.0. The summed E-state index contributed by atoms with van der Waals surface area (Å²) in [5, 5.41) is 12.1. The number of aliphatic carboxylic acids is 1. The first kappa shape index (κ1) is 17.6. The number of hydrogen-bond donors (Lipinski definition) is 3. The van der Waals surface area contributed by atoms with E-state index in [1.54, 1.807) is 19.1 Å². The molecule has 24 heavy (non-hydrogen) atoms. The molecule has 0 aliphatic carbocycles. The highest BCUT2D eigenvalue weighted by atomic mass is 19.1. The number of rotatable bonds is 7. The number of nitrogens with one attached hydrogen (secondary N) is 2. The van der Waals surface area contributed by atoms with Gasteiger partial charge in [-0.2, -0.15) is 0 Å². The number of nitrogens with zero attached hydrogens (tertiary/aromatic N) is 1. The van der Waals surface area contributed by atoms with Gasteiger partial charge in [0.25, 0.3) is 5.56 Å². The van der Waals surface area contributed by atoms with Crippen molar-refractivity contribution in [1.82, 2.24) is 14.9 Å². The molecule has 0 unspecified atom stereocenters. The van der Waals surface area contributed by atoms with Crippen LogP contribution < -0.4 is 16.6 Å². The van der Waals surface area contributed by atoms with Gasteiger partial charge < -0.3 is 5.11 Å². The molecule has 0 aliphatic rings. The highest BCUT2D eigenvalue weighted by Crippen LogP contribution is 2.03. The summed E-state index contributed by atoms with van der Waals surface area (Å²) >= 11 is 0. The molecular weight excluding hydrogens is 317 g/mol. The predicted molar refractivity (Wildman–Crippen MR) is 85.4 cm³/mol. The van der Waals surface area contributed by atoms with E-state index < -0.39 is 23.3 Å². The first-order valence-electron chi connectivity index (χ1n) is 7.44. The van der Waals surface area contributed by atoms with Crippen molar-refractivity contribution in [3.05, 3.63) is 68.2 Å². The number of aryl methyl sites for hydroxylation is 1. The Bertz CT molecular complexity index is 826. The zero-order valence-corrected chi connectivity index (χ0v) is 13.1. The van der Waals surface area contributed by atoms with E-state index in [1.807, 2.05) is 0 Å². The number of aromatic nitrogens is 2. The standard InChI is InChI=1S/C16H18FN3O4/c1-2-11-8-20(16(24)19-14(11)21)9-13(15(22)23)18-7-10-3-5-12(17)6-4-10/h3-6,8,13,18H,2,7,9H2,1H3,(H,22,23)(H,19,21,24)/t13-/m0/s1. The summed E-state index contributed by atoms with van der Waals surface area (Å²) in [6, 6.07) is 4.62. The minimum absolute atomic E-state index is 0.140. The molecule has 0 amide bonds. The summed E-state index contributed by atoms with van der Waals surface area (Å²) in [4.78, 5) is 36.9. The first-order chi connectivity index (χ1) is 11.4. The topological polar surface area (TPSA) is 104 Å². The van der Waals surface area contributed by atoms with Gasteiger partial charge in [-0.05, 0) is 24.1 Å². The van der Waals surface area contributed by atoms with E-state index in [9.17, 15) is 23.9 Å². The van der Waals surface area contributed by atoms with Crippen LogP contribution in [0.5, 0.6) is 0 Å². The number of benzene rings is 1. The second-order valence-electron chi connectivity index (χ2n) is 5.32. The number of H-pyrrole nitrogens is 1. The molecule has 0 saturated carbocycles. The second-order valence-corrected chi connectivity index (χ2v) is 5.32. The van der Waals surface area contributed by atoms with Crippen molar-refractivity contribution < 1.29 is 14.3 Å². The minimum atomic E-state index is -1.13. The van der Waals surface area contributed by atoms with E-state index in [-0.39, 0.29) is 18.9 Å². The molecule has 7 nitrogen and oxygen atoms in total. The Labute approximate surface area is 136 Å². The van der Waals surface area contributed by atoms with Crippen molar-refractivity contribution >= 4 is 5.97 Å². The van der Waals surface area contributed by atoms with Crippen molar-refractivity contribution in [2.24, 2.45) is 0 Å². The van der Waals surface area contributed by atoms with Crippen LogP contribution in [0, 0.1) is 5.82 Å². The molecule has 8 heteroatoms. The summed E-state index contributed by atoms with van der Waals surface area (Å²) in [5.41, 5.74) is -0.0140. The van der Waals surface area contributed by atoms with Gasteiger partial charge in [-0.25, -0.2) is 9.18 Å². The highest BCUT2D eigenvalue weighted by Gasteiger charge is 2.18. The van der Waals surface area contributed by atoms with Gasteiger partial charge in [0.2, 0.25) is 0 Å².